The number of carbonyl (C=O) groups is 1. The maximum absolute atomic E-state index is 11.6. The number of unbranched alkanes of at least 4 members (excludes halogenated alkanes) is 9. The van der Waals surface area contributed by atoms with Crippen LogP contribution in [0.3, 0.4) is 0 Å². The molecule has 0 bridgehead atoms. The fourth-order valence-corrected chi connectivity index (χ4v) is 2.64. The van der Waals surface area contributed by atoms with Crippen LogP contribution in [0.2, 0.25) is 0 Å². The van der Waals surface area contributed by atoms with E-state index in [2.05, 4.69) is 12.2 Å². The highest BCUT2D eigenvalue weighted by molar-refractivity contribution is 5.78. The molecule has 1 amide bonds. The van der Waals surface area contributed by atoms with Gasteiger partial charge < -0.3 is 10.4 Å². The average Bonchev–Trinajstić information content (AvgIpc) is 2.47. The van der Waals surface area contributed by atoms with Crippen molar-refractivity contribution >= 4 is 5.91 Å². The van der Waals surface area contributed by atoms with E-state index in [-0.39, 0.29) is 18.4 Å². The molecule has 1 unspecified atom stereocenters. The van der Waals surface area contributed by atoms with Crippen LogP contribution in [0.15, 0.2) is 0 Å². The molecule has 3 heteroatoms. The summed E-state index contributed by atoms with van der Waals surface area (Å²) in [4.78, 5) is 11.6. The van der Waals surface area contributed by atoms with Gasteiger partial charge in [0, 0.05) is 19.6 Å². The summed E-state index contributed by atoms with van der Waals surface area (Å²) in [5, 5.41) is 11.6. The molecule has 0 rings (SSSR count). The number of nitrogens with one attached hydrogen (secondary N) is 1. The Balaban J connectivity index is 3.38. The number of rotatable bonds is 14. The third-order valence-electron chi connectivity index (χ3n) is 4.00. The summed E-state index contributed by atoms with van der Waals surface area (Å²) in [5.74, 6) is 0.0778. The maximum Gasteiger partial charge on any atom is 0.222 e. The molecule has 0 aliphatic rings. The molecule has 0 saturated heterocycles. The first-order chi connectivity index (χ1) is 9.76. The first-order valence-corrected chi connectivity index (χ1v) is 8.58. The standard InChI is InChI=1S/C17H35NO2/c1-3-4-5-6-7-8-9-10-11-12-13-16(14-15-19)17(20)18-2/h16,19H,3-15H2,1-2H3,(H,18,20). The summed E-state index contributed by atoms with van der Waals surface area (Å²) in [6, 6.07) is 0. The lowest BCUT2D eigenvalue weighted by atomic mass is 9.96. The number of aliphatic hydroxyl groups excluding tert-OH is 1. The lowest BCUT2D eigenvalue weighted by Crippen LogP contribution is -2.28. The molecule has 0 saturated carbocycles. The Kier molecular flexibility index (Phi) is 14.4. The Morgan fingerprint density at radius 1 is 0.900 bits per heavy atom. The van der Waals surface area contributed by atoms with Crippen LogP contribution >= 0.6 is 0 Å². The second-order valence-corrected chi connectivity index (χ2v) is 5.79. The van der Waals surface area contributed by atoms with Crippen LogP contribution in [0.5, 0.6) is 0 Å². The van der Waals surface area contributed by atoms with Crippen molar-refractivity contribution in [2.45, 2.75) is 84.0 Å². The van der Waals surface area contributed by atoms with Crippen LogP contribution in [-0.4, -0.2) is 24.7 Å². The highest BCUT2D eigenvalue weighted by Gasteiger charge is 2.15. The van der Waals surface area contributed by atoms with E-state index in [1.165, 1.54) is 57.8 Å². The molecule has 0 aliphatic carbocycles. The van der Waals surface area contributed by atoms with E-state index in [9.17, 15) is 4.79 Å². The molecular weight excluding hydrogens is 250 g/mol. The van der Waals surface area contributed by atoms with Crippen molar-refractivity contribution in [1.82, 2.24) is 5.32 Å². The van der Waals surface area contributed by atoms with Crippen molar-refractivity contribution in [2.75, 3.05) is 13.7 Å². The average molecular weight is 285 g/mol. The summed E-state index contributed by atoms with van der Waals surface area (Å²) in [7, 11) is 1.67. The number of hydrogen-bond acceptors (Lipinski definition) is 2. The van der Waals surface area contributed by atoms with Crippen molar-refractivity contribution in [3.8, 4) is 0 Å². The summed E-state index contributed by atoms with van der Waals surface area (Å²) in [5.41, 5.74) is 0. The van der Waals surface area contributed by atoms with E-state index in [0.29, 0.717) is 6.42 Å². The Morgan fingerprint density at radius 2 is 1.40 bits per heavy atom. The molecule has 0 aromatic rings. The predicted molar refractivity (Wildman–Crippen MR) is 85.7 cm³/mol. The molecular formula is C17H35NO2. The fraction of sp³-hybridized carbons (Fsp3) is 0.941. The number of aliphatic hydroxyl groups is 1. The van der Waals surface area contributed by atoms with Gasteiger partial charge in [-0.25, -0.2) is 0 Å². The Morgan fingerprint density at radius 3 is 1.85 bits per heavy atom. The predicted octanol–water partition coefficient (Wildman–Crippen LogP) is 4.04. The van der Waals surface area contributed by atoms with E-state index in [1.807, 2.05) is 0 Å². The van der Waals surface area contributed by atoms with Gasteiger partial charge in [-0.15, -0.1) is 0 Å². The third kappa shape index (κ3) is 11.3. The minimum atomic E-state index is -0.000885. The van der Waals surface area contributed by atoms with Crippen molar-refractivity contribution in [2.24, 2.45) is 5.92 Å². The van der Waals surface area contributed by atoms with Gasteiger partial charge in [-0.3, -0.25) is 4.79 Å². The van der Waals surface area contributed by atoms with E-state index in [4.69, 9.17) is 5.11 Å². The van der Waals surface area contributed by atoms with Crippen molar-refractivity contribution in [3.63, 3.8) is 0 Å². The molecule has 0 spiro atoms. The molecule has 2 N–H and O–H groups in total. The highest BCUT2D eigenvalue weighted by atomic mass is 16.3. The van der Waals surface area contributed by atoms with Gasteiger partial charge in [-0.2, -0.15) is 0 Å². The van der Waals surface area contributed by atoms with Gasteiger partial charge in [-0.1, -0.05) is 71.1 Å². The van der Waals surface area contributed by atoms with Crippen LogP contribution in [0.1, 0.15) is 84.0 Å². The van der Waals surface area contributed by atoms with Crippen LogP contribution in [0.25, 0.3) is 0 Å². The zero-order valence-electron chi connectivity index (χ0n) is 13.6. The van der Waals surface area contributed by atoms with Gasteiger partial charge in [0.1, 0.15) is 0 Å². The molecule has 0 heterocycles. The number of amides is 1. The van der Waals surface area contributed by atoms with Crippen LogP contribution in [0, 0.1) is 5.92 Å². The van der Waals surface area contributed by atoms with Gasteiger partial charge >= 0.3 is 0 Å². The van der Waals surface area contributed by atoms with E-state index < -0.39 is 0 Å². The summed E-state index contributed by atoms with van der Waals surface area (Å²) < 4.78 is 0. The van der Waals surface area contributed by atoms with Gasteiger partial charge in [0.2, 0.25) is 5.91 Å². The summed E-state index contributed by atoms with van der Waals surface area (Å²) >= 11 is 0. The van der Waals surface area contributed by atoms with E-state index >= 15 is 0 Å². The lowest BCUT2D eigenvalue weighted by Gasteiger charge is -2.13. The largest absolute Gasteiger partial charge is 0.396 e. The number of hydrogen-bond donors (Lipinski definition) is 2. The fourth-order valence-electron chi connectivity index (χ4n) is 2.64. The molecule has 0 aromatic heterocycles. The van der Waals surface area contributed by atoms with Gasteiger partial charge in [0.05, 0.1) is 0 Å². The maximum atomic E-state index is 11.6. The molecule has 120 valence electrons. The Bertz CT molecular complexity index is 219. The first-order valence-electron chi connectivity index (χ1n) is 8.58. The monoisotopic (exact) mass is 285 g/mol. The van der Waals surface area contributed by atoms with Gasteiger partial charge in [0.15, 0.2) is 0 Å². The Labute approximate surface area is 125 Å². The zero-order valence-corrected chi connectivity index (χ0v) is 13.6. The second kappa shape index (κ2) is 14.8. The normalized spacial score (nSPS) is 12.3. The lowest BCUT2D eigenvalue weighted by molar-refractivity contribution is -0.125. The molecule has 1 atom stereocenters. The second-order valence-electron chi connectivity index (χ2n) is 5.79. The van der Waals surface area contributed by atoms with Crippen molar-refractivity contribution in [3.05, 3.63) is 0 Å². The molecule has 0 fully saturated rings. The quantitative estimate of drug-likeness (QED) is 0.473. The van der Waals surface area contributed by atoms with Crippen molar-refractivity contribution < 1.29 is 9.90 Å². The topological polar surface area (TPSA) is 49.3 Å². The summed E-state index contributed by atoms with van der Waals surface area (Å²) in [6.45, 7) is 2.36. The highest BCUT2D eigenvalue weighted by Crippen LogP contribution is 2.16. The summed E-state index contributed by atoms with van der Waals surface area (Å²) in [6.07, 6.45) is 14.7. The molecule has 20 heavy (non-hydrogen) atoms. The zero-order chi connectivity index (χ0) is 15.1. The van der Waals surface area contributed by atoms with E-state index in [1.54, 1.807) is 7.05 Å². The minimum Gasteiger partial charge on any atom is -0.396 e. The third-order valence-corrected chi connectivity index (χ3v) is 4.00. The van der Waals surface area contributed by atoms with Crippen LogP contribution < -0.4 is 5.32 Å². The van der Waals surface area contributed by atoms with Crippen LogP contribution in [-0.2, 0) is 4.79 Å². The molecule has 0 aliphatic heterocycles. The SMILES string of the molecule is CCCCCCCCCCCCC(CCO)C(=O)NC. The van der Waals surface area contributed by atoms with Gasteiger partial charge in [-0.05, 0) is 12.8 Å². The smallest absolute Gasteiger partial charge is 0.222 e. The van der Waals surface area contributed by atoms with Crippen molar-refractivity contribution in [1.29, 1.82) is 0 Å². The number of carbonyl (C=O) groups excluding carboxylic acids is 1. The Hall–Kier alpha value is -0.570. The molecule has 0 aromatic carbocycles. The molecule has 3 nitrogen and oxygen atoms in total. The molecule has 0 radical (unpaired) electrons. The first kappa shape index (κ1) is 19.4. The van der Waals surface area contributed by atoms with Crippen LogP contribution in [0.4, 0.5) is 0 Å². The van der Waals surface area contributed by atoms with Gasteiger partial charge in [0.25, 0.3) is 0 Å². The van der Waals surface area contributed by atoms with E-state index in [0.717, 1.165) is 12.8 Å². The minimum absolute atomic E-state index is 0.000885.